The molecule has 2 aromatic carbocycles. The van der Waals surface area contributed by atoms with E-state index in [4.69, 9.17) is 25.1 Å². The number of hydrogen-bond acceptors (Lipinski definition) is 14. The SMILES string of the molecule is C.CC#CC(=O)Nc1cccc(CCC(=O)CCc2ccnc3[nH]ccc23)c1.CC#CC(=O)O.CCCP1(=O)OP(=O)(CCC)OP(=O)(CCC)O1.CCN(CC)CC.Cl.Cl.Nc1cccc(CCC(=O)CCc2ccnc3[nH]ccc23)c1.[2H]C. The van der Waals surface area contributed by atoms with E-state index in [9.17, 15) is 32.9 Å². The van der Waals surface area contributed by atoms with Crippen LogP contribution in [0.2, 0.25) is 0 Å². The average Bonchev–Trinajstić information content (AvgIpc) is 4.26. The summed E-state index contributed by atoms with van der Waals surface area (Å²) in [6.07, 6.45) is 14.2. The molecule has 5 heterocycles. The Hall–Kier alpha value is -5.87. The van der Waals surface area contributed by atoms with Gasteiger partial charge in [-0.15, -0.1) is 24.8 Å². The van der Waals surface area contributed by atoms with Crippen LogP contribution in [0.3, 0.4) is 0 Å². The van der Waals surface area contributed by atoms with Crippen molar-refractivity contribution in [2.45, 2.75) is 141 Å². The van der Waals surface area contributed by atoms with Crippen LogP contribution in [0.5, 0.6) is 0 Å². The highest BCUT2D eigenvalue weighted by Crippen LogP contribution is 2.82. The van der Waals surface area contributed by atoms with Crippen LogP contribution in [-0.2, 0) is 71.5 Å². The van der Waals surface area contributed by atoms with Crippen LogP contribution in [0.25, 0.3) is 22.1 Å². The second-order valence-electron chi connectivity index (χ2n) is 18.3. The fraction of sp³-hybridized carbons (Fsp3) is 0.443. The molecule has 1 aliphatic heterocycles. The number of H-pyrrole nitrogens is 2. The third-order valence-corrected chi connectivity index (χ3v) is 21.0. The molecule has 1 saturated heterocycles. The van der Waals surface area contributed by atoms with Gasteiger partial charge in [-0.2, -0.15) is 0 Å². The van der Waals surface area contributed by atoms with Gasteiger partial charge in [0.1, 0.15) is 22.9 Å². The molecule has 6 aromatic rings. The zero-order valence-electron chi connectivity index (χ0n) is 50.4. The van der Waals surface area contributed by atoms with Crippen molar-refractivity contribution in [3.63, 3.8) is 0 Å². The number of rotatable bonds is 22. The van der Waals surface area contributed by atoms with E-state index in [1.165, 1.54) is 39.5 Å². The number of ketones is 2. The summed E-state index contributed by atoms with van der Waals surface area (Å²) in [6.45, 7) is 18.6. The summed E-state index contributed by atoms with van der Waals surface area (Å²) in [5.74, 6) is 8.20. The molecule has 4 aromatic heterocycles. The number of halogens is 2. The molecule has 23 heteroatoms. The number of carbonyl (C=O) groups excluding carboxylic acids is 3. The molecule has 0 aliphatic carbocycles. The van der Waals surface area contributed by atoms with E-state index in [2.05, 4.69) is 68.7 Å². The minimum atomic E-state index is -3.57. The fourth-order valence-corrected chi connectivity index (χ4v) is 17.4. The largest absolute Gasteiger partial charge is 0.472 e. The minimum absolute atomic E-state index is 0. The van der Waals surface area contributed by atoms with E-state index >= 15 is 0 Å². The van der Waals surface area contributed by atoms with Crippen molar-refractivity contribution in [3.05, 3.63) is 120 Å². The Kier molecular flexibility index (Phi) is 39.9. The zero-order chi connectivity index (χ0) is 61.0. The minimum Gasteiger partial charge on any atom is -0.472 e. The Balaban J connectivity index is 0. The number of fused-ring (bicyclic) bond motifs is 2. The van der Waals surface area contributed by atoms with Gasteiger partial charge in [-0.05, 0) is 155 Å². The van der Waals surface area contributed by atoms with Crippen molar-refractivity contribution in [3.8, 4) is 23.7 Å². The summed E-state index contributed by atoms with van der Waals surface area (Å²) < 4.78 is 58.0. The maximum Gasteiger partial charge on any atom is 0.381 e. The molecule has 18 nitrogen and oxygen atoms in total. The maximum absolute atomic E-state index is 12.3. The number of amides is 1. The highest BCUT2D eigenvalue weighted by molar-refractivity contribution is 7.80. The molecule has 0 atom stereocenters. The van der Waals surface area contributed by atoms with Gasteiger partial charge in [0.25, 0.3) is 5.91 Å². The number of anilines is 2. The number of carboxylic acids is 1. The van der Waals surface area contributed by atoms with Crippen molar-refractivity contribution < 1.29 is 52.3 Å². The Morgan fingerprint density at radius 3 is 1.38 bits per heavy atom. The summed E-state index contributed by atoms with van der Waals surface area (Å²) in [5.41, 5.74) is 13.4. The van der Waals surface area contributed by atoms with Gasteiger partial charge in [0.05, 0.1) is 18.5 Å². The number of aryl methyl sites for hydroxylation is 4. The van der Waals surface area contributed by atoms with Crippen LogP contribution >= 0.6 is 47.6 Å². The summed E-state index contributed by atoms with van der Waals surface area (Å²) in [5, 5.41) is 12.6. The van der Waals surface area contributed by atoms with Crippen LogP contribution in [-0.4, -0.2) is 91.5 Å². The number of aromatic nitrogens is 4. The number of Topliss-reactive ketones (excluding diaryl/α,β-unsaturated/α-hetero) is 2. The number of aliphatic carboxylic acids is 1. The third kappa shape index (κ3) is 29.8. The summed E-state index contributed by atoms with van der Waals surface area (Å²) >= 11 is 0. The zero-order valence-corrected chi connectivity index (χ0v) is 53.7. The Morgan fingerprint density at radius 2 is 1.02 bits per heavy atom. The third-order valence-electron chi connectivity index (χ3n) is 12.0. The Labute approximate surface area is 512 Å². The van der Waals surface area contributed by atoms with E-state index < -0.39 is 28.8 Å². The van der Waals surface area contributed by atoms with Gasteiger partial charge in [0.15, 0.2) is 0 Å². The van der Waals surface area contributed by atoms with Gasteiger partial charge in [-0.1, -0.05) is 92.5 Å². The number of hydrogen-bond donors (Lipinski definition) is 5. The lowest BCUT2D eigenvalue weighted by atomic mass is 10.0. The number of carbonyl (C=O) groups is 4. The molecule has 1 aliphatic rings. The molecular weight excluding hydrogens is 1170 g/mol. The smallest absolute Gasteiger partial charge is 0.381 e. The first kappa shape index (κ1) is 78.1. The van der Waals surface area contributed by atoms with E-state index in [-0.39, 0.29) is 68.2 Å². The predicted molar refractivity (Wildman–Crippen MR) is 349 cm³/mol. The molecule has 0 unspecified atom stereocenters. The van der Waals surface area contributed by atoms with E-state index in [1.54, 1.807) is 40.1 Å². The van der Waals surface area contributed by atoms with Gasteiger partial charge in [-0.25, -0.2) is 27.7 Å². The first-order chi connectivity index (χ1) is 39.3. The van der Waals surface area contributed by atoms with Crippen LogP contribution in [0.4, 0.5) is 11.4 Å². The molecule has 1 fully saturated rings. The second-order valence-corrected chi connectivity index (χ2v) is 25.3. The average molecular weight is 1260 g/mol. The molecule has 7 rings (SSSR count). The predicted octanol–water partition coefficient (Wildman–Crippen LogP) is 15.4. The van der Waals surface area contributed by atoms with Crippen LogP contribution in [0.15, 0.2) is 97.6 Å². The highest BCUT2D eigenvalue weighted by atomic mass is 35.5. The van der Waals surface area contributed by atoms with Crippen molar-refractivity contribution in [2.75, 3.05) is 49.2 Å². The van der Waals surface area contributed by atoms with Gasteiger partial charge >= 0.3 is 28.8 Å². The maximum atomic E-state index is 12.3. The van der Waals surface area contributed by atoms with Gasteiger partial charge < -0.3 is 31.0 Å². The molecule has 1 amide bonds. The van der Waals surface area contributed by atoms with Crippen molar-refractivity contribution in [2.24, 2.45) is 0 Å². The topological polar surface area (TPSA) is 266 Å². The molecule has 464 valence electrons. The summed E-state index contributed by atoms with van der Waals surface area (Å²) in [4.78, 5) is 62.4. The number of nitrogens with zero attached hydrogens (tertiary/aromatic N) is 3. The summed E-state index contributed by atoms with van der Waals surface area (Å²) in [7, 11) is -9.45. The van der Waals surface area contributed by atoms with Crippen molar-refractivity contribution in [1.29, 1.82) is 0 Å². The first-order valence-electron chi connectivity index (χ1n) is 28.1. The lowest BCUT2D eigenvalue weighted by molar-refractivity contribution is -0.130. The number of aromatic amines is 2. The van der Waals surface area contributed by atoms with Gasteiger partial charge in [-0.3, -0.25) is 28.1 Å². The number of nitrogens with one attached hydrogen (secondary N) is 3. The standard InChI is InChI=1S/C22H21N3O2.C18H19N3O.C9H21O6P3.C6H15N.C4H4O2.2CH4.2ClH/c1-2-4-21(27)25-18-6-3-5-16(15-18)7-9-19(26)10-8-17-11-13-23-22-20(17)12-14-24-22;19-15-3-1-2-13(12-15)4-6-16(22)7-5-14-8-10-20-18-17(14)9-11-21-18;1-4-7-16(10)13-17(11,8-5-2)15-18(12,14-16)9-6-3;1-4-7(5-2)6-3;1-2-3-4(5)6;;;;/h3,5-6,11-15H,7-10H2,1H3,(H,23,24)(H,25,27);1-3,8-12H,4-7,19H2,(H,20,21);4-9H2,1-3H3;4-6H2,1-3H3;1H3,(H,5,6);2*1H4;2*1H/i;;;;;1D;;;. The highest BCUT2D eigenvalue weighted by Gasteiger charge is 2.51. The molecule has 6 N–H and O–H groups in total. The molecule has 84 heavy (non-hydrogen) atoms. The number of nitrogen functional groups attached to an aromatic ring is 1. The first-order valence-corrected chi connectivity index (χ1v) is 32.3. The molecule has 0 spiro atoms. The van der Waals surface area contributed by atoms with Crippen molar-refractivity contribution >= 4 is 104 Å². The Morgan fingerprint density at radius 1 is 0.619 bits per heavy atom. The van der Waals surface area contributed by atoms with E-state index in [0.29, 0.717) is 63.5 Å². The van der Waals surface area contributed by atoms with Crippen molar-refractivity contribution in [1.82, 2.24) is 24.8 Å². The van der Waals surface area contributed by atoms with Gasteiger partial charge in [0.2, 0.25) is 0 Å². The normalized spacial score (nSPS) is 16.2. The van der Waals surface area contributed by atoms with E-state index in [0.717, 1.165) is 57.3 Å². The monoisotopic (exact) mass is 1260 g/mol. The molecular formula is C61H90Cl2N7O11P3. The number of nitrogens with two attached hydrogens (primary N) is 1. The quantitative estimate of drug-likeness (QED) is 0.0240. The lowest BCUT2D eigenvalue weighted by Crippen LogP contribution is -2.21. The Bertz CT molecular complexity index is 3140. The molecule has 0 radical (unpaired) electrons. The van der Waals surface area contributed by atoms with Crippen LogP contribution in [0.1, 0.15) is 139 Å². The summed E-state index contributed by atoms with van der Waals surface area (Å²) in [6, 6.07) is 23.2. The van der Waals surface area contributed by atoms with Crippen LogP contribution in [0, 0.1) is 23.7 Å². The van der Waals surface area contributed by atoms with Crippen LogP contribution < -0.4 is 11.1 Å². The number of benzene rings is 2. The number of carboxylic acid groups (broad SMARTS) is 1. The fourth-order valence-electron chi connectivity index (χ4n) is 8.12. The molecule has 0 saturated carbocycles. The second kappa shape index (κ2) is 42.9. The lowest BCUT2D eigenvalue weighted by Gasteiger charge is -2.33. The number of pyridine rings is 2. The molecule has 0 bridgehead atoms. The van der Waals surface area contributed by atoms with Gasteiger partial charge in [0, 0.05) is 79.9 Å². The van der Waals surface area contributed by atoms with E-state index in [1.807, 2.05) is 91.1 Å².